The number of alkyl halides is 1. The average Bonchev–Trinajstić information content (AvgIpc) is 2.66. The molecule has 18 heavy (non-hydrogen) atoms. The third-order valence-corrected chi connectivity index (χ3v) is 3.01. The predicted octanol–water partition coefficient (Wildman–Crippen LogP) is 2.09. The number of benzene rings is 1. The first kappa shape index (κ1) is 12.9. The molecule has 5 heteroatoms. The van der Waals surface area contributed by atoms with E-state index in [4.69, 9.17) is 11.6 Å². The second-order valence-electron chi connectivity index (χ2n) is 4.09. The van der Waals surface area contributed by atoms with Crippen molar-refractivity contribution in [1.82, 2.24) is 14.9 Å². The lowest BCUT2D eigenvalue weighted by Crippen LogP contribution is -2.27. The van der Waals surface area contributed by atoms with Crippen LogP contribution in [0, 0.1) is 6.92 Å². The van der Waals surface area contributed by atoms with Gasteiger partial charge in [-0.05, 0) is 19.1 Å². The molecule has 0 saturated carbocycles. The summed E-state index contributed by atoms with van der Waals surface area (Å²) in [7, 11) is 0. The molecule has 1 N–H and O–H groups in total. The minimum Gasteiger partial charge on any atom is -0.354 e. The monoisotopic (exact) mass is 265 g/mol. The van der Waals surface area contributed by atoms with Crippen LogP contribution < -0.4 is 5.32 Å². The van der Waals surface area contributed by atoms with Crippen LogP contribution in [0.5, 0.6) is 0 Å². The number of hydrogen-bond donors (Lipinski definition) is 1. The van der Waals surface area contributed by atoms with Crippen LogP contribution in [0.25, 0.3) is 11.0 Å². The largest absolute Gasteiger partial charge is 0.354 e. The minimum absolute atomic E-state index is 0.00734. The Labute approximate surface area is 111 Å². The number of fused-ring (bicyclic) bond motifs is 1. The van der Waals surface area contributed by atoms with Crippen molar-refractivity contribution in [2.75, 3.05) is 12.4 Å². The first-order valence-electron chi connectivity index (χ1n) is 5.97. The molecule has 2 rings (SSSR count). The van der Waals surface area contributed by atoms with Gasteiger partial charge in [-0.3, -0.25) is 4.79 Å². The molecule has 0 bridgehead atoms. The quantitative estimate of drug-likeness (QED) is 0.842. The fourth-order valence-corrected chi connectivity index (χ4v) is 2.13. The number of nitrogens with one attached hydrogen (secondary N) is 1. The van der Waals surface area contributed by atoms with Gasteiger partial charge in [-0.15, -0.1) is 11.6 Å². The van der Waals surface area contributed by atoms with Crippen LogP contribution in [0.3, 0.4) is 0 Å². The molecule has 1 amide bonds. The summed E-state index contributed by atoms with van der Waals surface area (Å²) in [6, 6.07) is 7.99. The van der Waals surface area contributed by atoms with Gasteiger partial charge in [0.15, 0.2) is 0 Å². The number of para-hydroxylation sites is 2. The molecule has 0 aliphatic carbocycles. The van der Waals surface area contributed by atoms with Gasteiger partial charge in [0.25, 0.3) is 0 Å². The van der Waals surface area contributed by atoms with Gasteiger partial charge >= 0.3 is 0 Å². The Morgan fingerprint density at radius 3 is 3.00 bits per heavy atom. The van der Waals surface area contributed by atoms with Crippen molar-refractivity contribution >= 4 is 28.5 Å². The van der Waals surface area contributed by atoms with Crippen LogP contribution in [0.2, 0.25) is 0 Å². The maximum absolute atomic E-state index is 11.3. The van der Waals surface area contributed by atoms with Gasteiger partial charge < -0.3 is 9.88 Å². The number of carbonyl (C=O) groups excluding carboxylic acids is 1. The van der Waals surface area contributed by atoms with Crippen molar-refractivity contribution in [2.24, 2.45) is 0 Å². The third kappa shape index (κ3) is 2.82. The first-order valence-corrected chi connectivity index (χ1v) is 6.50. The summed E-state index contributed by atoms with van der Waals surface area (Å²) in [5, 5.41) is 2.84. The number of hydrogen-bond acceptors (Lipinski definition) is 2. The highest BCUT2D eigenvalue weighted by Gasteiger charge is 2.06. The molecule has 0 radical (unpaired) electrons. The topological polar surface area (TPSA) is 46.9 Å². The van der Waals surface area contributed by atoms with Crippen LogP contribution in [-0.2, 0) is 11.3 Å². The van der Waals surface area contributed by atoms with Gasteiger partial charge in [0.2, 0.25) is 5.91 Å². The summed E-state index contributed by atoms with van der Waals surface area (Å²) in [5.41, 5.74) is 2.09. The first-order chi connectivity index (χ1) is 8.72. The highest BCUT2D eigenvalue weighted by atomic mass is 35.5. The van der Waals surface area contributed by atoms with E-state index < -0.39 is 0 Å². The molecule has 4 nitrogen and oxygen atoms in total. The fraction of sp³-hybridized carbons (Fsp3) is 0.385. The lowest BCUT2D eigenvalue weighted by Gasteiger charge is -2.08. The number of nitrogens with zero attached hydrogens (tertiary/aromatic N) is 2. The zero-order chi connectivity index (χ0) is 13.0. The second kappa shape index (κ2) is 5.87. The van der Waals surface area contributed by atoms with Crippen molar-refractivity contribution < 1.29 is 4.79 Å². The van der Waals surface area contributed by atoms with Gasteiger partial charge in [-0.1, -0.05) is 12.1 Å². The van der Waals surface area contributed by atoms with Gasteiger partial charge in [0, 0.05) is 25.4 Å². The SMILES string of the molecule is Cc1nc2ccccc2n1CCNC(=O)CCCl. The van der Waals surface area contributed by atoms with Crippen molar-refractivity contribution in [3.05, 3.63) is 30.1 Å². The zero-order valence-corrected chi connectivity index (χ0v) is 11.1. The number of aryl methyl sites for hydroxylation is 1. The van der Waals surface area contributed by atoms with Crippen molar-refractivity contribution in [1.29, 1.82) is 0 Å². The Morgan fingerprint density at radius 1 is 1.44 bits per heavy atom. The molecule has 1 aromatic carbocycles. The van der Waals surface area contributed by atoms with Gasteiger partial charge in [-0.2, -0.15) is 0 Å². The van der Waals surface area contributed by atoms with Crippen molar-refractivity contribution in [3.8, 4) is 0 Å². The smallest absolute Gasteiger partial charge is 0.221 e. The van der Waals surface area contributed by atoms with Crippen LogP contribution in [0.1, 0.15) is 12.2 Å². The fourth-order valence-electron chi connectivity index (χ4n) is 1.96. The molecular weight excluding hydrogens is 250 g/mol. The highest BCUT2D eigenvalue weighted by molar-refractivity contribution is 6.18. The van der Waals surface area contributed by atoms with Crippen LogP contribution in [0.15, 0.2) is 24.3 Å². The summed E-state index contributed by atoms with van der Waals surface area (Å²) in [6.45, 7) is 3.29. The van der Waals surface area contributed by atoms with Gasteiger partial charge in [0.1, 0.15) is 5.82 Å². The number of aromatic nitrogens is 2. The van der Waals surface area contributed by atoms with Crippen LogP contribution in [-0.4, -0.2) is 27.9 Å². The minimum atomic E-state index is -0.00734. The lowest BCUT2D eigenvalue weighted by atomic mass is 10.3. The normalized spacial score (nSPS) is 10.8. The number of rotatable bonds is 5. The van der Waals surface area contributed by atoms with E-state index >= 15 is 0 Å². The highest BCUT2D eigenvalue weighted by Crippen LogP contribution is 2.14. The molecule has 0 unspecified atom stereocenters. The average molecular weight is 266 g/mol. The number of halogens is 1. The zero-order valence-electron chi connectivity index (χ0n) is 10.3. The summed E-state index contributed by atoms with van der Waals surface area (Å²) in [5.74, 6) is 1.31. The Morgan fingerprint density at radius 2 is 2.22 bits per heavy atom. The molecule has 1 aromatic heterocycles. The van der Waals surface area contributed by atoms with Gasteiger partial charge in [0.05, 0.1) is 11.0 Å². The van der Waals surface area contributed by atoms with E-state index in [2.05, 4.69) is 14.9 Å². The maximum Gasteiger partial charge on any atom is 0.221 e. The second-order valence-corrected chi connectivity index (χ2v) is 4.47. The standard InChI is InChI=1S/C13H16ClN3O/c1-10-16-11-4-2-3-5-12(11)17(10)9-8-15-13(18)6-7-14/h2-5H,6-9H2,1H3,(H,15,18). The number of imidazole rings is 1. The summed E-state index contributed by atoms with van der Waals surface area (Å²) >= 11 is 5.50. The van der Waals surface area contributed by atoms with Gasteiger partial charge in [-0.25, -0.2) is 4.98 Å². The third-order valence-electron chi connectivity index (χ3n) is 2.82. The maximum atomic E-state index is 11.3. The Bertz CT molecular complexity index is 550. The molecule has 0 fully saturated rings. The number of carbonyl (C=O) groups is 1. The Balaban J connectivity index is 2.03. The predicted molar refractivity (Wildman–Crippen MR) is 72.8 cm³/mol. The Kier molecular flexibility index (Phi) is 4.20. The molecule has 1 heterocycles. The van der Waals surface area contributed by atoms with Crippen LogP contribution >= 0.6 is 11.6 Å². The molecule has 2 aromatic rings. The molecule has 0 spiro atoms. The van der Waals surface area contributed by atoms with E-state index in [1.807, 2.05) is 31.2 Å². The van der Waals surface area contributed by atoms with E-state index in [-0.39, 0.29) is 5.91 Å². The molecule has 0 aliphatic heterocycles. The molecule has 0 saturated heterocycles. The van der Waals surface area contributed by atoms with Crippen molar-refractivity contribution in [2.45, 2.75) is 19.9 Å². The van der Waals surface area contributed by atoms with E-state index in [0.29, 0.717) is 18.8 Å². The lowest BCUT2D eigenvalue weighted by molar-refractivity contribution is -0.120. The van der Waals surface area contributed by atoms with E-state index in [1.165, 1.54) is 0 Å². The molecule has 0 aliphatic rings. The molecule has 96 valence electrons. The van der Waals surface area contributed by atoms with Crippen LogP contribution in [0.4, 0.5) is 0 Å². The Hall–Kier alpha value is -1.55. The summed E-state index contributed by atoms with van der Waals surface area (Å²) < 4.78 is 2.11. The van der Waals surface area contributed by atoms with E-state index in [9.17, 15) is 4.79 Å². The summed E-state index contributed by atoms with van der Waals surface area (Å²) in [6.07, 6.45) is 0.366. The molecular formula is C13H16ClN3O. The molecule has 0 atom stereocenters. The summed E-state index contributed by atoms with van der Waals surface area (Å²) in [4.78, 5) is 15.8. The van der Waals surface area contributed by atoms with E-state index in [0.717, 1.165) is 23.4 Å². The van der Waals surface area contributed by atoms with E-state index in [1.54, 1.807) is 0 Å². The van der Waals surface area contributed by atoms with Crippen molar-refractivity contribution in [3.63, 3.8) is 0 Å². The number of amides is 1.